The number of carbonyl (C=O) groups excluding carboxylic acids is 3. The Morgan fingerprint density at radius 1 is 0.392 bits per heavy atom. The van der Waals surface area contributed by atoms with Crippen LogP contribution in [-0.4, -0.2) is 164 Å². The van der Waals surface area contributed by atoms with Crippen LogP contribution in [0.25, 0.3) is 4.13 Å². The van der Waals surface area contributed by atoms with Gasteiger partial charge in [-0.2, -0.15) is 13.2 Å². The number of carbonyl (C=O) groups is 3. The third kappa shape index (κ3) is 28.8. The van der Waals surface area contributed by atoms with E-state index < -0.39 is 132 Å². The molecule has 566 valence electrons. The molecule has 6 saturated heterocycles. The Morgan fingerprint density at radius 3 is 0.866 bits per heavy atom. The summed E-state index contributed by atoms with van der Waals surface area (Å²) in [5.41, 5.74) is -7.70. The standard InChI is InChI=1S/C37H80O14Si8.C11H22O4.C9H15F3NO7S2.K/c1-18-37(16,17)36(38)39-20-19-21-52-40-53(22-29(2)3)43-56(25-32(8)9)45-54(41-52,23-30(4)5)47-58(27-34(12)13)48-55(42-52,24-31(6)7)46-57(44-53,26-33(10)11)50-59(49-56,51-58)28-35(14)15;1-5-11(2,3)10(12)15-9-8-14-7-6-13-4;1-4-8(2,3)7(14)19-5-6-20-22(17,18)13-21(15,16)9(10,11)12;/h29-35H,18-28H2,1-17H3;5-9H2,1-4H3;4-6H2,1-3H3;/q;;-1;+1. The van der Waals surface area contributed by atoms with Gasteiger partial charge in [-0.25, -0.2) is 16.8 Å². The van der Waals surface area contributed by atoms with Crippen LogP contribution in [0, 0.1) is 57.7 Å². The second-order valence-electron chi connectivity index (χ2n) is 29.9. The molecule has 6 aliphatic heterocycles. The molecule has 0 aromatic carbocycles. The predicted octanol–water partition coefficient (Wildman–Crippen LogP) is 9.81. The molecule has 6 fully saturated rings. The summed E-state index contributed by atoms with van der Waals surface area (Å²) in [6, 6.07) is 3.39. The first-order valence-electron chi connectivity index (χ1n) is 33.7. The van der Waals surface area contributed by atoms with Crippen LogP contribution in [-0.2, 0) is 112 Å². The van der Waals surface area contributed by atoms with Crippen molar-refractivity contribution in [2.45, 2.75) is 239 Å². The Morgan fingerprint density at radius 2 is 0.629 bits per heavy atom. The molecule has 40 heteroatoms. The SMILES string of the molecule is CCC(C)(C)C(=O)OCCC[Si]12O[Si]3(CC(C)C)O[Si]4(CC(C)C)O[Si](CC(C)C)(O1)O[Si]1(CC(C)C)O[Si](CC(C)C)(O2)O[Si](CC(C)C)(O3)O[Si](CC(C)C)(O4)O1.CCC(C)(C)C(=O)OCCOCCOC.CCC(C)(C)C(=O)OCCOS(=O)(=O)[N-]S(=O)(=O)C(F)(F)F.[K+]. The van der Waals surface area contributed by atoms with Crippen molar-refractivity contribution in [1.29, 1.82) is 0 Å². The molecular weight excluding hydrogens is 1480 g/mol. The first-order chi connectivity index (χ1) is 43.8. The van der Waals surface area contributed by atoms with E-state index >= 15 is 0 Å². The van der Waals surface area contributed by atoms with Crippen LogP contribution >= 0.6 is 0 Å². The van der Waals surface area contributed by atoms with Gasteiger partial charge in [0.15, 0.2) is 10.0 Å². The van der Waals surface area contributed by atoms with Crippen LogP contribution in [0.3, 0.4) is 0 Å². The molecule has 0 aromatic heterocycles. The molecule has 6 rings (SSSR count). The van der Waals surface area contributed by atoms with E-state index in [1.54, 1.807) is 32.0 Å². The van der Waals surface area contributed by atoms with E-state index in [9.17, 15) is 44.4 Å². The average molecular weight is 1600 g/mol. The van der Waals surface area contributed by atoms with E-state index in [2.05, 4.69) is 106 Å². The summed E-state index contributed by atoms with van der Waals surface area (Å²) in [5.74, 6) is -0.473. The monoisotopic (exact) mass is 1600 g/mol. The van der Waals surface area contributed by atoms with Crippen molar-refractivity contribution >= 4 is 109 Å². The summed E-state index contributed by atoms with van der Waals surface area (Å²) in [6.07, 6.45) is 2.27. The molecule has 0 N–H and O–H groups in total. The Bertz CT molecular complexity index is 2580. The van der Waals surface area contributed by atoms with Gasteiger partial charge in [0.1, 0.15) is 13.2 Å². The van der Waals surface area contributed by atoms with Gasteiger partial charge in [-0.1, -0.05) is 118 Å². The number of esters is 3. The zero-order valence-electron chi connectivity index (χ0n) is 62.6. The second kappa shape index (κ2) is 38.1. The van der Waals surface area contributed by atoms with Crippen LogP contribution < -0.4 is 51.4 Å². The molecule has 26 nitrogen and oxygen atoms in total. The van der Waals surface area contributed by atoms with E-state index in [1.807, 2.05) is 41.5 Å². The van der Waals surface area contributed by atoms with Gasteiger partial charge in [-0.05, 0) is 109 Å². The molecule has 8 bridgehead atoms. The maximum absolute atomic E-state index is 13.2. The van der Waals surface area contributed by atoms with Crippen molar-refractivity contribution in [3.63, 3.8) is 0 Å². The number of hydrogen-bond acceptors (Lipinski definition) is 25. The van der Waals surface area contributed by atoms with Crippen molar-refractivity contribution in [3.8, 4) is 0 Å². The van der Waals surface area contributed by atoms with Crippen molar-refractivity contribution in [3.05, 3.63) is 4.13 Å². The van der Waals surface area contributed by atoms with Crippen molar-refractivity contribution < 1.29 is 173 Å². The van der Waals surface area contributed by atoms with E-state index in [0.717, 1.165) is 6.42 Å². The fraction of sp³-hybridized carbons (Fsp3) is 0.947. The summed E-state index contributed by atoms with van der Waals surface area (Å²) >= 11 is 0. The summed E-state index contributed by atoms with van der Waals surface area (Å²) in [7, 11) is -41.9. The fourth-order valence-corrected chi connectivity index (χ4v) is 63.5. The topological polar surface area (TPSA) is 300 Å². The number of alkyl halides is 3. The Hall–Kier alpha value is 0.831. The number of rotatable bonds is 36. The van der Waals surface area contributed by atoms with Gasteiger partial charge < -0.3 is 77.2 Å². The molecule has 0 unspecified atom stereocenters. The first kappa shape index (κ1) is 93.9. The van der Waals surface area contributed by atoms with Gasteiger partial charge in [0, 0.05) is 55.5 Å². The number of sulfonamides is 1. The average Bonchev–Trinajstić information content (AvgIpc) is 0.686. The number of hydrogen-bond donors (Lipinski definition) is 0. The molecule has 0 spiro atoms. The number of methoxy groups -OCH3 is 1. The van der Waals surface area contributed by atoms with Gasteiger partial charge in [0.25, 0.3) is 0 Å². The molecule has 0 saturated carbocycles. The van der Waals surface area contributed by atoms with Gasteiger partial charge in [0.05, 0.1) is 49.3 Å². The van der Waals surface area contributed by atoms with Crippen LogP contribution in [0.5, 0.6) is 0 Å². The summed E-state index contributed by atoms with van der Waals surface area (Å²) < 4.78 is 203. The molecule has 0 aromatic rings. The Balaban J connectivity index is 0.000000689. The summed E-state index contributed by atoms with van der Waals surface area (Å²) in [4.78, 5) is 36.2. The van der Waals surface area contributed by atoms with Crippen molar-refractivity contribution in [1.82, 2.24) is 0 Å². The Kier molecular flexibility index (Phi) is 36.9. The third-order valence-electron chi connectivity index (χ3n) is 15.4. The van der Waals surface area contributed by atoms with Crippen LogP contribution in [0.4, 0.5) is 13.2 Å². The maximum atomic E-state index is 13.2. The largest absolute Gasteiger partial charge is 1.00 e. The van der Waals surface area contributed by atoms with Crippen LogP contribution in [0.1, 0.15) is 185 Å². The third-order valence-corrected chi connectivity index (χ3v) is 58.0. The summed E-state index contributed by atoms with van der Waals surface area (Å²) in [5, 5.41) is 0. The molecule has 0 radical (unpaired) electrons. The molecule has 97 heavy (non-hydrogen) atoms. The second-order valence-corrected chi connectivity index (χ2v) is 57.1. The zero-order valence-corrected chi connectivity index (χ0v) is 75.3. The normalized spacial score (nSPS) is 28.4. The number of halogens is 3. The minimum atomic E-state index is -6.23. The van der Waals surface area contributed by atoms with E-state index in [0.29, 0.717) is 88.0 Å². The van der Waals surface area contributed by atoms with E-state index in [1.165, 1.54) is 0 Å². The maximum Gasteiger partial charge on any atom is 1.00 e. The van der Waals surface area contributed by atoms with Crippen LogP contribution in [0.2, 0.25) is 48.4 Å². The molecular formula is C57H117F3KNO25S2Si8. The van der Waals surface area contributed by atoms with Crippen molar-refractivity contribution in [2.24, 2.45) is 57.7 Å². The van der Waals surface area contributed by atoms with Gasteiger partial charge in [0.2, 0.25) is 10.3 Å². The van der Waals surface area contributed by atoms with Gasteiger partial charge >= 0.3 is 145 Å². The fourth-order valence-electron chi connectivity index (χ4n) is 10.2. The zero-order chi connectivity index (χ0) is 73.6. The number of ether oxygens (including phenoxy) is 5. The van der Waals surface area contributed by atoms with Crippen molar-refractivity contribution in [2.75, 3.05) is 53.4 Å². The molecule has 6 aliphatic rings. The smallest absolute Gasteiger partial charge is 0.465 e. The minimum absolute atomic E-state index is 0. The summed E-state index contributed by atoms with van der Waals surface area (Å²) in [6.45, 7) is 47.0. The van der Waals surface area contributed by atoms with Gasteiger partial charge in [-0.15, -0.1) is 0 Å². The molecule has 0 amide bonds. The first-order valence-corrected chi connectivity index (χ1v) is 52.0. The molecule has 0 aliphatic carbocycles. The van der Waals surface area contributed by atoms with E-state index in [-0.39, 0.29) is 117 Å². The van der Waals surface area contributed by atoms with E-state index in [4.69, 9.17) is 68.3 Å². The molecule has 0 atom stereocenters. The Labute approximate surface area is 629 Å². The van der Waals surface area contributed by atoms with Gasteiger partial charge in [-0.3, -0.25) is 18.6 Å². The number of nitrogens with zero attached hydrogens (tertiary/aromatic N) is 1. The predicted molar refractivity (Wildman–Crippen MR) is 367 cm³/mol. The quantitative estimate of drug-likeness (QED) is 0.0244. The minimum Gasteiger partial charge on any atom is -0.465 e. The molecule has 6 heterocycles. The van der Waals surface area contributed by atoms with Crippen LogP contribution in [0.15, 0.2) is 0 Å².